The highest BCUT2D eigenvalue weighted by molar-refractivity contribution is 9.10. The number of rotatable bonds is 2. The Morgan fingerprint density at radius 3 is 2.63 bits per heavy atom. The molecule has 6 heteroatoms. The van der Waals surface area contributed by atoms with E-state index in [2.05, 4.69) is 21.2 Å². The zero-order valence-corrected chi connectivity index (χ0v) is 11.9. The molecule has 3 nitrogen and oxygen atoms in total. The van der Waals surface area contributed by atoms with Gasteiger partial charge in [-0.05, 0) is 36.4 Å². The van der Waals surface area contributed by atoms with Gasteiger partial charge in [0.15, 0.2) is 0 Å². The Kier molecular flexibility index (Phi) is 4.07. The largest absolute Gasteiger partial charge is 0.399 e. The normalized spacial score (nSPS) is 10.3. The highest BCUT2D eigenvalue weighted by atomic mass is 79.9. The predicted molar refractivity (Wildman–Crippen MR) is 77.9 cm³/mol. The number of hydrogen-bond donors (Lipinski definition) is 2. The molecular weight excluding hydrogens is 335 g/mol. The lowest BCUT2D eigenvalue weighted by Gasteiger charge is -2.08. The maximum atomic E-state index is 13.6. The van der Waals surface area contributed by atoms with Crippen LogP contribution in [0.15, 0.2) is 40.9 Å². The molecule has 0 heterocycles. The van der Waals surface area contributed by atoms with E-state index in [1.165, 1.54) is 12.1 Å². The van der Waals surface area contributed by atoms with Gasteiger partial charge in [0.1, 0.15) is 5.82 Å². The average Bonchev–Trinajstić information content (AvgIpc) is 2.32. The molecule has 19 heavy (non-hydrogen) atoms. The number of amides is 1. The lowest BCUT2D eigenvalue weighted by atomic mass is 10.2. The number of carbonyl (C=O) groups is 1. The summed E-state index contributed by atoms with van der Waals surface area (Å²) in [6, 6.07) is 8.86. The van der Waals surface area contributed by atoms with Crippen LogP contribution in [0.5, 0.6) is 0 Å². The Labute approximate surface area is 122 Å². The van der Waals surface area contributed by atoms with Crippen molar-refractivity contribution in [2.45, 2.75) is 0 Å². The van der Waals surface area contributed by atoms with Gasteiger partial charge >= 0.3 is 0 Å². The van der Waals surface area contributed by atoms with Crippen LogP contribution in [0, 0.1) is 5.82 Å². The van der Waals surface area contributed by atoms with Gasteiger partial charge in [-0.3, -0.25) is 4.79 Å². The molecule has 0 spiro atoms. The van der Waals surface area contributed by atoms with Crippen LogP contribution in [0.4, 0.5) is 15.8 Å². The number of nitrogens with one attached hydrogen (secondary N) is 1. The Bertz CT molecular complexity index is 649. The van der Waals surface area contributed by atoms with Crippen LogP contribution in [0.1, 0.15) is 10.4 Å². The van der Waals surface area contributed by atoms with E-state index in [9.17, 15) is 9.18 Å². The third-order valence-electron chi connectivity index (χ3n) is 2.42. The Morgan fingerprint density at radius 1 is 1.26 bits per heavy atom. The second-order valence-electron chi connectivity index (χ2n) is 3.82. The van der Waals surface area contributed by atoms with Crippen LogP contribution in [-0.4, -0.2) is 5.91 Å². The summed E-state index contributed by atoms with van der Waals surface area (Å²) in [5.41, 5.74) is 6.04. The van der Waals surface area contributed by atoms with Gasteiger partial charge in [0.2, 0.25) is 0 Å². The van der Waals surface area contributed by atoms with Crippen molar-refractivity contribution < 1.29 is 9.18 Å². The standard InChI is InChI=1S/C13H9BrClFN2O/c14-7-1-3-9(10(15)5-7)13(19)18-12-4-2-8(17)6-11(12)16/h1-6H,17H2,(H,18,19). The van der Waals surface area contributed by atoms with E-state index in [4.69, 9.17) is 17.3 Å². The van der Waals surface area contributed by atoms with E-state index in [1.807, 2.05) is 0 Å². The Balaban J connectivity index is 2.25. The zero-order valence-electron chi connectivity index (χ0n) is 9.58. The average molecular weight is 344 g/mol. The van der Waals surface area contributed by atoms with Gasteiger partial charge in [0.05, 0.1) is 16.3 Å². The van der Waals surface area contributed by atoms with Crippen molar-refractivity contribution in [2.24, 2.45) is 0 Å². The molecule has 2 aromatic rings. The van der Waals surface area contributed by atoms with Crippen LogP contribution in [0.3, 0.4) is 0 Å². The van der Waals surface area contributed by atoms with E-state index in [1.54, 1.807) is 18.2 Å². The predicted octanol–water partition coefficient (Wildman–Crippen LogP) is 4.08. The fraction of sp³-hybridized carbons (Fsp3) is 0. The van der Waals surface area contributed by atoms with E-state index in [-0.39, 0.29) is 22.0 Å². The zero-order chi connectivity index (χ0) is 14.0. The number of benzene rings is 2. The molecule has 0 atom stereocenters. The van der Waals surface area contributed by atoms with Crippen molar-refractivity contribution >= 4 is 44.8 Å². The summed E-state index contributed by atoms with van der Waals surface area (Å²) >= 11 is 9.19. The highest BCUT2D eigenvalue weighted by Crippen LogP contribution is 2.23. The van der Waals surface area contributed by atoms with Gasteiger partial charge in [0.25, 0.3) is 5.91 Å². The summed E-state index contributed by atoms with van der Waals surface area (Å²) < 4.78 is 14.3. The minimum absolute atomic E-state index is 0.0539. The first kappa shape index (κ1) is 13.8. The fourth-order valence-electron chi connectivity index (χ4n) is 1.50. The molecule has 3 N–H and O–H groups in total. The Morgan fingerprint density at radius 2 is 2.00 bits per heavy atom. The van der Waals surface area contributed by atoms with Gasteiger partial charge in [-0.25, -0.2) is 4.39 Å². The van der Waals surface area contributed by atoms with Crippen molar-refractivity contribution in [2.75, 3.05) is 11.1 Å². The summed E-state index contributed by atoms with van der Waals surface area (Å²) in [5.74, 6) is -1.08. The first-order chi connectivity index (χ1) is 8.97. The summed E-state index contributed by atoms with van der Waals surface area (Å²) in [5, 5.41) is 2.73. The van der Waals surface area contributed by atoms with Crippen LogP contribution in [0.2, 0.25) is 5.02 Å². The summed E-state index contributed by atoms with van der Waals surface area (Å²) in [4.78, 5) is 12.0. The topological polar surface area (TPSA) is 55.1 Å². The molecule has 98 valence electrons. The van der Waals surface area contributed by atoms with Crippen molar-refractivity contribution in [3.05, 3.63) is 57.3 Å². The SMILES string of the molecule is Nc1ccc(NC(=O)c2ccc(Br)cc2Cl)c(F)c1. The maximum absolute atomic E-state index is 13.6. The van der Waals surface area contributed by atoms with Crippen molar-refractivity contribution in [3.8, 4) is 0 Å². The van der Waals surface area contributed by atoms with Crippen molar-refractivity contribution in [1.29, 1.82) is 0 Å². The fourth-order valence-corrected chi connectivity index (χ4v) is 2.26. The molecule has 0 fully saturated rings. The second-order valence-corrected chi connectivity index (χ2v) is 5.14. The monoisotopic (exact) mass is 342 g/mol. The number of hydrogen-bond acceptors (Lipinski definition) is 2. The molecule has 0 aliphatic rings. The van der Waals surface area contributed by atoms with E-state index >= 15 is 0 Å². The lowest BCUT2D eigenvalue weighted by Crippen LogP contribution is -2.13. The van der Waals surface area contributed by atoms with Crippen molar-refractivity contribution in [3.63, 3.8) is 0 Å². The number of carbonyl (C=O) groups excluding carboxylic acids is 1. The van der Waals surface area contributed by atoms with Crippen molar-refractivity contribution in [1.82, 2.24) is 0 Å². The molecule has 0 aromatic heterocycles. The molecule has 1 amide bonds. The molecule has 0 saturated heterocycles. The van der Waals surface area contributed by atoms with Gasteiger partial charge in [0, 0.05) is 10.2 Å². The third-order valence-corrected chi connectivity index (χ3v) is 3.22. The summed E-state index contributed by atoms with van der Waals surface area (Å²) in [6.07, 6.45) is 0. The molecule has 0 unspecified atom stereocenters. The lowest BCUT2D eigenvalue weighted by molar-refractivity contribution is 0.102. The third kappa shape index (κ3) is 3.24. The van der Waals surface area contributed by atoms with Gasteiger partial charge in [-0.15, -0.1) is 0 Å². The molecule has 2 aromatic carbocycles. The summed E-state index contributed by atoms with van der Waals surface area (Å²) in [7, 11) is 0. The van der Waals surface area contributed by atoms with E-state index in [0.29, 0.717) is 0 Å². The first-order valence-corrected chi connectivity index (χ1v) is 6.46. The smallest absolute Gasteiger partial charge is 0.257 e. The molecule has 0 aliphatic carbocycles. The maximum Gasteiger partial charge on any atom is 0.257 e. The molecule has 0 aliphatic heterocycles. The van der Waals surface area contributed by atoms with E-state index < -0.39 is 11.7 Å². The Hall–Kier alpha value is -1.59. The van der Waals surface area contributed by atoms with Crippen LogP contribution < -0.4 is 11.1 Å². The van der Waals surface area contributed by atoms with Crippen LogP contribution in [0.25, 0.3) is 0 Å². The second kappa shape index (κ2) is 5.59. The molecular formula is C13H9BrClFN2O. The van der Waals surface area contributed by atoms with Gasteiger partial charge in [-0.2, -0.15) is 0 Å². The number of anilines is 2. The first-order valence-electron chi connectivity index (χ1n) is 5.29. The minimum Gasteiger partial charge on any atom is -0.399 e. The molecule has 0 saturated carbocycles. The molecule has 0 bridgehead atoms. The van der Waals surface area contributed by atoms with Gasteiger partial charge < -0.3 is 11.1 Å². The quantitative estimate of drug-likeness (QED) is 0.807. The minimum atomic E-state index is -0.596. The van der Waals surface area contributed by atoms with Crippen LogP contribution >= 0.6 is 27.5 Å². The number of halogens is 3. The van der Waals surface area contributed by atoms with E-state index in [0.717, 1.165) is 10.5 Å². The highest BCUT2D eigenvalue weighted by Gasteiger charge is 2.13. The molecule has 2 rings (SSSR count). The summed E-state index contributed by atoms with van der Waals surface area (Å²) in [6.45, 7) is 0. The van der Waals surface area contributed by atoms with Gasteiger partial charge in [-0.1, -0.05) is 27.5 Å². The van der Waals surface area contributed by atoms with Crippen LogP contribution in [-0.2, 0) is 0 Å². The number of nitrogens with two attached hydrogens (primary N) is 1. The molecule has 0 radical (unpaired) electrons. The number of nitrogen functional groups attached to an aromatic ring is 1.